The minimum Gasteiger partial charge on any atom is -0.381 e. The number of ether oxygens (including phenoxy) is 1. The first kappa shape index (κ1) is 16.7. The molecule has 0 spiro atoms. The number of hydrogen-bond donors (Lipinski definition) is 2. The van der Waals surface area contributed by atoms with E-state index < -0.39 is 0 Å². The molecule has 4 nitrogen and oxygen atoms in total. The molecule has 2 aliphatic heterocycles. The average molecular weight is 337 g/mol. The van der Waals surface area contributed by atoms with Gasteiger partial charge in [-0.2, -0.15) is 0 Å². The highest BCUT2D eigenvalue weighted by molar-refractivity contribution is 6.30. The van der Waals surface area contributed by atoms with Gasteiger partial charge in [0, 0.05) is 42.7 Å². The predicted molar refractivity (Wildman–Crippen MR) is 91.8 cm³/mol. The van der Waals surface area contributed by atoms with E-state index in [-0.39, 0.29) is 11.3 Å². The van der Waals surface area contributed by atoms with E-state index in [0.717, 1.165) is 44.0 Å². The molecule has 2 saturated heterocycles. The number of rotatable bonds is 5. The molecule has 1 unspecified atom stereocenters. The largest absolute Gasteiger partial charge is 0.381 e. The number of carbonyl (C=O) groups is 1. The first-order chi connectivity index (χ1) is 11.2. The lowest BCUT2D eigenvalue weighted by Crippen LogP contribution is -2.45. The van der Waals surface area contributed by atoms with E-state index in [1.54, 1.807) is 0 Å². The van der Waals surface area contributed by atoms with Crippen molar-refractivity contribution in [3.8, 4) is 0 Å². The number of amides is 1. The summed E-state index contributed by atoms with van der Waals surface area (Å²) < 4.78 is 5.54. The monoisotopic (exact) mass is 336 g/mol. The zero-order valence-corrected chi connectivity index (χ0v) is 14.2. The van der Waals surface area contributed by atoms with Crippen LogP contribution in [0.25, 0.3) is 0 Å². The maximum Gasteiger partial charge on any atom is 0.221 e. The van der Waals surface area contributed by atoms with Crippen LogP contribution in [0, 0.1) is 0 Å². The average Bonchev–Trinajstić information content (AvgIpc) is 3.07. The van der Waals surface area contributed by atoms with E-state index >= 15 is 0 Å². The molecule has 0 aromatic heterocycles. The molecule has 3 rings (SSSR count). The van der Waals surface area contributed by atoms with Gasteiger partial charge in [0.05, 0.1) is 0 Å². The Labute approximate surface area is 142 Å². The van der Waals surface area contributed by atoms with E-state index in [0.29, 0.717) is 19.0 Å². The number of nitrogens with one attached hydrogen (secondary N) is 2. The van der Waals surface area contributed by atoms with Gasteiger partial charge in [-0.1, -0.05) is 23.7 Å². The lowest BCUT2D eigenvalue weighted by Gasteiger charge is -2.38. The molecule has 1 atom stereocenters. The predicted octanol–water partition coefficient (Wildman–Crippen LogP) is 2.65. The highest BCUT2D eigenvalue weighted by Gasteiger charge is 2.35. The second-order valence-electron chi connectivity index (χ2n) is 6.67. The number of halogens is 1. The normalized spacial score (nSPS) is 23.6. The molecule has 0 bridgehead atoms. The lowest BCUT2D eigenvalue weighted by atomic mass is 9.74. The van der Waals surface area contributed by atoms with E-state index in [1.807, 2.05) is 12.1 Å². The Bertz CT molecular complexity index is 520. The van der Waals surface area contributed by atoms with Crippen LogP contribution in [0.1, 0.15) is 37.7 Å². The Morgan fingerprint density at radius 2 is 2.04 bits per heavy atom. The molecular weight excluding hydrogens is 312 g/mol. The second kappa shape index (κ2) is 7.65. The fourth-order valence-corrected chi connectivity index (χ4v) is 3.75. The van der Waals surface area contributed by atoms with E-state index in [2.05, 4.69) is 22.8 Å². The van der Waals surface area contributed by atoms with Gasteiger partial charge in [0.1, 0.15) is 0 Å². The van der Waals surface area contributed by atoms with Crippen LogP contribution >= 0.6 is 11.6 Å². The number of benzene rings is 1. The molecule has 1 aromatic carbocycles. The van der Waals surface area contributed by atoms with Crippen LogP contribution in [-0.4, -0.2) is 38.3 Å². The van der Waals surface area contributed by atoms with E-state index in [9.17, 15) is 4.79 Å². The summed E-state index contributed by atoms with van der Waals surface area (Å²) in [6.45, 7) is 3.18. The lowest BCUT2D eigenvalue weighted by molar-refractivity contribution is -0.122. The van der Waals surface area contributed by atoms with Gasteiger partial charge < -0.3 is 15.4 Å². The molecule has 5 heteroatoms. The zero-order chi connectivity index (χ0) is 16.1. The van der Waals surface area contributed by atoms with Crippen molar-refractivity contribution in [3.63, 3.8) is 0 Å². The maximum atomic E-state index is 12.3. The van der Waals surface area contributed by atoms with Crippen LogP contribution in [0.4, 0.5) is 0 Å². The van der Waals surface area contributed by atoms with Gasteiger partial charge in [0.2, 0.25) is 5.91 Å². The van der Waals surface area contributed by atoms with Gasteiger partial charge >= 0.3 is 0 Å². The first-order valence-electron chi connectivity index (χ1n) is 8.52. The topological polar surface area (TPSA) is 50.4 Å². The van der Waals surface area contributed by atoms with Crippen molar-refractivity contribution < 1.29 is 9.53 Å². The molecule has 2 fully saturated rings. The van der Waals surface area contributed by atoms with Crippen molar-refractivity contribution in [2.45, 2.75) is 43.6 Å². The fraction of sp³-hybridized carbons (Fsp3) is 0.611. The van der Waals surface area contributed by atoms with Gasteiger partial charge in [-0.05, 0) is 49.9 Å². The van der Waals surface area contributed by atoms with Gasteiger partial charge in [-0.15, -0.1) is 0 Å². The number of hydrogen-bond acceptors (Lipinski definition) is 3. The van der Waals surface area contributed by atoms with Crippen molar-refractivity contribution in [1.29, 1.82) is 0 Å². The molecule has 2 aliphatic rings. The second-order valence-corrected chi connectivity index (χ2v) is 7.11. The summed E-state index contributed by atoms with van der Waals surface area (Å²) in [7, 11) is 0. The molecule has 1 amide bonds. The molecule has 2 N–H and O–H groups in total. The molecule has 1 aromatic rings. The summed E-state index contributed by atoms with van der Waals surface area (Å²) in [6.07, 6.45) is 4.70. The smallest absolute Gasteiger partial charge is 0.221 e. The van der Waals surface area contributed by atoms with Crippen molar-refractivity contribution in [1.82, 2.24) is 10.6 Å². The van der Waals surface area contributed by atoms with Gasteiger partial charge in [-0.25, -0.2) is 0 Å². The van der Waals surface area contributed by atoms with Gasteiger partial charge in [0.25, 0.3) is 0 Å². The third-order valence-electron chi connectivity index (χ3n) is 5.12. The SMILES string of the molecule is O=C(CC1CCCN1)NCC1(c2ccc(Cl)cc2)CCOCC1. The van der Waals surface area contributed by atoms with Crippen LogP contribution in [0.5, 0.6) is 0 Å². The summed E-state index contributed by atoms with van der Waals surface area (Å²) in [5, 5.41) is 7.29. The minimum absolute atomic E-state index is 0.0401. The van der Waals surface area contributed by atoms with Crippen LogP contribution in [0.15, 0.2) is 24.3 Å². The molecule has 0 radical (unpaired) electrons. The van der Waals surface area contributed by atoms with Gasteiger partial charge in [-0.3, -0.25) is 4.79 Å². The van der Waals surface area contributed by atoms with E-state index in [4.69, 9.17) is 16.3 Å². The van der Waals surface area contributed by atoms with Gasteiger partial charge in [0.15, 0.2) is 0 Å². The molecule has 0 saturated carbocycles. The molecular formula is C18H25ClN2O2. The van der Waals surface area contributed by atoms with Crippen molar-refractivity contribution in [2.24, 2.45) is 0 Å². The Morgan fingerprint density at radius 3 is 2.70 bits per heavy atom. The zero-order valence-electron chi connectivity index (χ0n) is 13.4. The van der Waals surface area contributed by atoms with Crippen LogP contribution in [0.2, 0.25) is 5.02 Å². The van der Waals surface area contributed by atoms with E-state index in [1.165, 1.54) is 12.0 Å². The highest BCUT2D eigenvalue weighted by Crippen LogP contribution is 2.35. The molecule has 2 heterocycles. The third-order valence-corrected chi connectivity index (χ3v) is 5.38. The summed E-state index contributed by atoms with van der Waals surface area (Å²) in [4.78, 5) is 12.3. The fourth-order valence-electron chi connectivity index (χ4n) is 3.63. The minimum atomic E-state index is -0.0401. The Balaban J connectivity index is 1.64. The van der Waals surface area contributed by atoms with Crippen molar-refractivity contribution in [2.75, 3.05) is 26.3 Å². The summed E-state index contributed by atoms with van der Waals surface area (Å²) in [5.41, 5.74) is 1.20. The number of carbonyl (C=O) groups excluding carboxylic acids is 1. The van der Waals surface area contributed by atoms with Crippen LogP contribution in [0.3, 0.4) is 0 Å². The molecule has 23 heavy (non-hydrogen) atoms. The van der Waals surface area contributed by atoms with Crippen LogP contribution in [-0.2, 0) is 14.9 Å². The standard InChI is InChI=1S/C18H25ClN2O2/c19-15-5-3-14(4-6-15)18(7-10-23-11-8-18)13-21-17(22)12-16-2-1-9-20-16/h3-6,16,20H,1-2,7-13H2,(H,21,22). The quantitative estimate of drug-likeness (QED) is 0.869. The van der Waals surface area contributed by atoms with Crippen molar-refractivity contribution >= 4 is 17.5 Å². The van der Waals surface area contributed by atoms with Crippen LogP contribution < -0.4 is 10.6 Å². The molecule has 126 valence electrons. The Morgan fingerprint density at radius 1 is 1.30 bits per heavy atom. The highest BCUT2D eigenvalue weighted by atomic mass is 35.5. The Kier molecular flexibility index (Phi) is 5.57. The summed E-state index contributed by atoms with van der Waals surface area (Å²) in [6, 6.07) is 8.36. The molecule has 0 aliphatic carbocycles. The first-order valence-corrected chi connectivity index (χ1v) is 8.90. The third kappa shape index (κ3) is 4.25. The Hall–Kier alpha value is -1.10. The maximum absolute atomic E-state index is 12.3. The van der Waals surface area contributed by atoms with Crippen molar-refractivity contribution in [3.05, 3.63) is 34.9 Å². The summed E-state index contributed by atoms with van der Waals surface area (Å²) >= 11 is 6.02. The summed E-state index contributed by atoms with van der Waals surface area (Å²) in [5.74, 6) is 0.143.